The fourth-order valence-corrected chi connectivity index (χ4v) is 1.67. The number of carbonyl (C=O) groups is 1. The van der Waals surface area contributed by atoms with Gasteiger partial charge in [-0.05, 0) is 24.3 Å². The number of hydrogen-bond acceptors (Lipinski definition) is 3. The molecule has 0 amide bonds. The molecule has 2 rings (SSSR count). The molecule has 0 fully saturated rings. The zero-order valence-corrected chi connectivity index (χ0v) is 9.94. The monoisotopic (exact) mass is 249 g/mol. The quantitative estimate of drug-likeness (QED) is 0.872. The molecule has 94 valence electrons. The van der Waals surface area contributed by atoms with Crippen LogP contribution in [0.2, 0.25) is 0 Å². The summed E-state index contributed by atoms with van der Waals surface area (Å²) in [6.07, 6.45) is 0. The van der Waals surface area contributed by atoms with Crippen LogP contribution >= 0.6 is 0 Å². The van der Waals surface area contributed by atoms with Crippen LogP contribution in [0.1, 0.15) is 10.5 Å². The number of aromatic amines is 1. The van der Waals surface area contributed by atoms with Gasteiger partial charge in [0, 0.05) is 25.3 Å². The lowest BCUT2D eigenvalue weighted by molar-refractivity contribution is 0.0690. The van der Waals surface area contributed by atoms with Gasteiger partial charge in [-0.15, -0.1) is 0 Å². The number of aromatic carboxylic acids is 1. The average Bonchev–Trinajstić information content (AvgIpc) is 2.77. The van der Waals surface area contributed by atoms with Crippen LogP contribution in [0, 0.1) is 5.82 Å². The van der Waals surface area contributed by atoms with E-state index in [1.54, 1.807) is 6.07 Å². The number of H-pyrrole nitrogens is 1. The Labute approximate surface area is 103 Å². The minimum absolute atomic E-state index is 0.0287. The zero-order chi connectivity index (χ0) is 13.3. The van der Waals surface area contributed by atoms with E-state index in [1.165, 1.54) is 18.2 Å². The molecule has 18 heavy (non-hydrogen) atoms. The Balaban J connectivity index is 2.54. The third-order valence-corrected chi connectivity index (χ3v) is 2.52. The molecule has 1 aromatic carbocycles. The van der Waals surface area contributed by atoms with Crippen molar-refractivity contribution in [3.8, 4) is 11.3 Å². The standard InChI is InChI=1S/C12H12FN3O2/c1-16(2)11-4-3-7(13)5-8(11)9-6-10(12(17)18)15-14-9/h3-6H,1-2H3,(H,14,15)(H,17,18). The van der Waals surface area contributed by atoms with E-state index in [0.717, 1.165) is 5.69 Å². The lowest BCUT2D eigenvalue weighted by Crippen LogP contribution is -2.10. The van der Waals surface area contributed by atoms with Crippen LogP contribution in [-0.2, 0) is 0 Å². The van der Waals surface area contributed by atoms with Crippen LogP contribution in [0.15, 0.2) is 24.3 Å². The van der Waals surface area contributed by atoms with Crippen LogP contribution in [0.3, 0.4) is 0 Å². The summed E-state index contributed by atoms with van der Waals surface area (Å²) in [6.45, 7) is 0. The molecule has 0 aliphatic rings. The van der Waals surface area contributed by atoms with E-state index in [9.17, 15) is 9.18 Å². The summed E-state index contributed by atoms with van der Waals surface area (Å²) in [4.78, 5) is 12.6. The van der Waals surface area contributed by atoms with Crippen LogP contribution in [0.5, 0.6) is 0 Å². The van der Waals surface area contributed by atoms with Crippen molar-refractivity contribution < 1.29 is 14.3 Å². The van der Waals surface area contributed by atoms with Crippen molar-refractivity contribution in [2.24, 2.45) is 0 Å². The largest absolute Gasteiger partial charge is 0.477 e. The first kappa shape index (κ1) is 12.1. The zero-order valence-electron chi connectivity index (χ0n) is 9.94. The Bertz CT molecular complexity index is 593. The highest BCUT2D eigenvalue weighted by molar-refractivity contribution is 5.88. The van der Waals surface area contributed by atoms with Gasteiger partial charge in [0.25, 0.3) is 0 Å². The van der Waals surface area contributed by atoms with Crippen LogP contribution < -0.4 is 4.90 Å². The first-order chi connectivity index (χ1) is 8.49. The number of halogens is 1. The lowest BCUT2D eigenvalue weighted by atomic mass is 10.1. The Morgan fingerprint density at radius 1 is 1.39 bits per heavy atom. The smallest absolute Gasteiger partial charge is 0.353 e. The molecule has 2 N–H and O–H groups in total. The highest BCUT2D eigenvalue weighted by Crippen LogP contribution is 2.29. The third-order valence-electron chi connectivity index (χ3n) is 2.52. The first-order valence-electron chi connectivity index (χ1n) is 5.25. The highest BCUT2D eigenvalue weighted by Gasteiger charge is 2.14. The molecule has 2 aromatic rings. The molecule has 5 nitrogen and oxygen atoms in total. The predicted octanol–water partition coefficient (Wildman–Crippen LogP) is 1.98. The number of carboxylic acid groups (broad SMARTS) is 1. The van der Waals surface area contributed by atoms with Crippen molar-refractivity contribution in [1.82, 2.24) is 10.2 Å². The predicted molar refractivity (Wildman–Crippen MR) is 65.3 cm³/mol. The number of carboxylic acids is 1. The number of hydrogen-bond donors (Lipinski definition) is 2. The molecule has 0 atom stereocenters. The van der Waals surface area contributed by atoms with Crippen molar-refractivity contribution in [1.29, 1.82) is 0 Å². The van der Waals surface area contributed by atoms with E-state index in [0.29, 0.717) is 11.3 Å². The fraction of sp³-hybridized carbons (Fsp3) is 0.167. The molecule has 1 heterocycles. The van der Waals surface area contributed by atoms with Gasteiger partial charge in [-0.25, -0.2) is 9.18 Å². The minimum Gasteiger partial charge on any atom is -0.477 e. The topological polar surface area (TPSA) is 69.2 Å². The van der Waals surface area contributed by atoms with Gasteiger partial charge < -0.3 is 10.0 Å². The summed E-state index contributed by atoms with van der Waals surface area (Å²) in [5.74, 6) is -1.49. The minimum atomic E-state index is -1.10. The summed E-state index contributed by atoms with van der Waals surface area (Å²) in [5.41, 5.74) is 1.68. The molecule has 0 saturated heterocycles. The van der Waals surface area contributed by atoms with Crippen molar-refractivity contribution in [3.05, 3.63) is 35.8 Å². The summed E-state index contributed by atoms with van der Waals surface area (Å²) >= 11 is 0. The van der Waals surface area contributed by atoms with Crippen LogP contribution in [0.25, 0.3) is 11.3 Å². The SMILES string of the molecule is CN(C)c1ccc(F)cc1-c1cc(C(=O)O)[nH]n1. The maximum Gasteiger partial charge on any atom is 0.353 e. The van der Waals surface area contributed by atoms with Crippen molar-refractivity contribution in [3.63, 3.8) is 0 Å². The Morgan fingerprint density at radius 2 is 2.11 bits per heavy atom. The first-order valence-corrected chi connectivity index (χ1v) is 5.25. The summed E-state index contributed by atoms with van der Waals surface area (Å²) in [6, 6.07) is 5.69. The molecule has 0 aliphatic heterocycles. The molecule has 0 unspecified atom stereocenters. The van der Waals surface area contributed by atoms with Gasteiger partial charge in [0.2, 0.25) is 0 Å². The molecular formula is C12H12FN3O2. The maximum atomic E-state index is 13.3. The van der Waals surface area contributed by atoms with Gasteiger partial charge in [-0.3, -0.25) is 5.10 Å². The number of anilines is 1. The molecule has 0 aliphatic carbocycles. The number of rotatable bonds is 3. The molecular weight excluding hydrogens is 237 g/mol. The van der Waals surface area contributed by atoms with E-state index < -0.39 is 11.8 Å². The highest BCUT2D eigenvalue weighted by atomic mass is 19.1. The van der Waals surface area contributed by atoms with Crippen molar-refractivity contribution in [2.45, 2.75) is 0 Å². The molecule has 6 heteroatoms. The van der Waals surface area contributed by atoms with Crippen molar-refractivity contribution in [2.75, 3.05) is 19.0 Å². The third kappa shape index (κ3) is 2.17. The van der Waals surface area contributed by atoms with E-state index in [-0.39, 0.29) is 5.69 Å². The maximum absolute atomic E-state index is 13.3. The average molecular weight is 249 g/mol. The van der Waals surface area contributed by atoms with Gasteiger partial charge in [-0.1, -0.05) is 0 Å². The molecule has 1 aromatic heterocycles. The van der Waals surface area contributed by atoms with Gasteiger partial charge in [-0.2, -0.15) is 5.10 Å². The number of benzene rings is 1. The van der Waals surface area contributed by atoms with Crippen LogP contribution in [0.4, 0.5) is 10.1 Å². The van der Waals surface area contributed by atoms with E-state index in [1.807, 2.05) is 19.0 Å². The summed E-state index contributed by atoms with van der Waals surface area (Å²) in [7, 11) is 3.64. The van der Waals surface area contributed by atoms with Crippen molar-refractivity contribution >= 4 is 11.7 Å². The number of aromatic nitrogens is 2. The van der Waals surface area contributed by atoms with E-state index in [4.69, 9.17) is 5.11 Å². The molecule has 0 radical (unpaired) electrons. The Hall–Kier alpha value is -2.37. The normalized spacial score (nSPS) is 10.4. The Morgan fingerprint density at radius 3 is 2.67 bits per heavy atom. The summed E-state index contributed by atoms with van der Waals surface area (Å²) < 4.78 is 13.3. The van der Waals surface area contributed by atoms with Gasteiger partial charge >= 0.3 is 5.97 Å². The number of nitrogens with zero attached hydrogens (tertiary/aromatic N) is 2. The van der Waals surface area contributed by atoms with Gasteiger partial charge in [0.15, 0.2) is 0 Å². The summed E-state index contributed by atoms with van der Waals surface area (Å²) in [5, 5.41) is 15.1. The molecule has 0 spiro atoms. The molecule has 0 saturated carbocycles. The van der Waals surface area contributed by atoms with Crippen LogP contribution in [-0.4, -0.2) is 35.4 Å². The second kappa shape index (κ2) is 4.48. The second-order valence-electron chi connectivity index (χ2n) is 4.03. The lowest BCUT2D eigenvalue weighted by Gasteiger charge is -2.16. The Kier molecular flexibility index (Phi) is 3.01. The fourth-order valence-electron chi connectivity index (χ4n) is 1.67. The number of nitrogens with one attached hydrogen (secondary N) is 1. The van der Waals surface area contributed by atoms with E-state index in [2.05, 4.69) is 10.2 Å². The second-order valence-corrected chi connectivity index (χ2v) is 4.03. The van der Waals surface area contributed by atoms with E-state index >= 15 is 0 Å². The van der Waals surface area contributed by atoms with Gasteiger partial charge in [0.1, 0.15) is 11.5 Å². The van der Waals surface area contributed by atoms with Gasteiger partial charge in [0.05, 0.1) is 5.69 Å². The molecule has 0 bridgehead atoms.